The van der Waals surface area contributed by atoms with Crippen molar-refractivity contribution in [1.82, 2.24) is 15.5 Å². The Balaban J connectivity index is 2.35. The van der Waals surface area contributed by atoms with Gasteiger partial charge in [-0.25, -0.2) is 9.59 Å². The van der Waals surface area contributed by atoms with E-state index in [-0.39, 0.29) is 12.6 Å². The molecular weight excluding hydrogens is 280 g/mol. The summed E-state index contributed by atoms with van der Waals surface area (Å²) in [5.74, 6) is -2.10. The second kappa shape index (κ2) is 8.42. The van der Waals surface area contributed by atoms with Gasteiger partial charge in [0.05, 0.1) is 19.1 Å². The molecular formula is C12H22N4O5. The smallest absolute Gasteiger partial charge is 0.326 e. The SMILES string of the molecule is CCN1CCOC(CNC(=O)N[C@@H](CC(N)=O)C(=O)O)C1. The zero-order valence-corrected chi connectivity index (χ0v) is 12.0. The van der Waals surface area contributed by atoms with Crippen molar-refractivity contribution in [2.45, 2.75) is 25.5 Å². The van der Waals surface area contributed by atoms with Gasteiger partial charge in [-0.15, -0.1) is 0 Å². The minimum absolute atomic E-state index is 0.135. The molecule has 0 saturated carbocycles. The summed E-state index contributed by atoms with van der Waals surface area (Å²) in [5.41, 5.74) is 4.93. The fourth-order valence-corrected chi connectivity index (χ4v) is 2.01. The van der Waals surface area contributed by atoms with Crippen LogP contribution in [-0.2, 0) is 14.3 Å². The summed E-state index contributed by atoms with van der Waals surface area (Å²) < 4.78 is 5.50. The van der Waals surface area contributed by atoms with E-state index in [4.69, 9.17) is 15.6 Å². The van der Waals surface area contributed by atoms with E-state index < -0.39 is 30.4 Å². The highest BCUT2D eigenvalue weighted by Crippen LogP contribution is 2.03. The van der Waals surface area contributed by atoms with Crippen LogP contribution in [0.2, 0.25) is 0 Å². The van der Waals surface area contributed by atoms with Gasteiger partial charge in [0.1, 0.15) is 6.04 Å². The van der Waals surface area contributed by atoms with Crippen molar-refractivity contribution in [3.8, 4) is 0 Å². The van der Waals surface area contributed by atoms with Gasteiger partial charge in [0.25, 0.3) is 0 Å². The number of likely N-dealkylation sites (N-methyl/N-ethyl adjacent to an activating group) is 1. The minimum atomic E-state index is -1.33. The largest absolute Gasteiger partial charge is 0.480 e. The van der Waals surface area contributed by atoms with Crippen LogP contribution in [0.25, 0.3) is 0 Å². The molecule has 1 rings (SSSR count). The van der Waals surface area contributed by atoms with Crippen LogP contribution in [0.4, 0.5) is 4.79 Å². The van der Waals surface area contributed by atoms with Gasteiger partial charge in [-0.05, 0) is 6.54 Å². The molecule has 3 amide bonds. The lowest BCUT2D eigenvalue weighted by Gasteiger charge is -2.32. The van der Waals surface area contributed by atoms with Crippen LogP contribution in [0, 0.1) is 0 Å². The maximum Gasteiger partial charge on any atom is 0.326 e. The highest BCUT2D eigenvalue weighted by Gasteiger charge is 2.23. The number of urea groups is 1. The number of nitrogens with two attached hydrogens (primary N) is 1. The summed E-state index contributed by atoms with van der Waals surface area (Å²) in [6.45, 7) is 5.39. The Hall–Kier alpha value is -1.87. The number of aliphatic carboxylic acids is 1. The predicted molar refractivity (Wildman–Crippen MR) is 73.6 cm³/mol. The number of carboxylic acid groups (broad SMARTS) is 1. The molecule has 1 aliphatic rings. The topological polar surface area (TPSA) is 134 Å². The van der Waals surface area contributed by atoms with Crippen LogP contribution in [0.15, 0.2) is 0 Å². The van der Waals surface area contributed by atoms with Crippen molar-refractivity contribution in [2.24, 2.45) is 5.73 Å². The fraction of sp³-hybridized carbons (Fsp3) is 0.750. The normalized spacial score (nSPS) is 20.5. The monoisotopic (exact) mass is 302 g/mol. The van der Waals surface area contributed by atoms with Crippen molar-refractivity contribution in [3.05, 3.63) is 0 Å². The first-order valence-corrected chi connectivity index (χ1v) is 6.81. The first kappa shape index (κ1) is 17.2. The molecule has 0 aliphatic carbocycles. The number of morpholine rings is 1. The predicted octanol–water partition coefficient (Wildman–Crippen LogP) is -1.67. The molecule has 0 aromatic carbocycles. The number of carboxylic acids is 1. The molecule has 5 N–H and O–H groups in total. The molecule has 1 unspecified atom stereocenters. The molecule has 120 valence electrons. The number of rotatable bonds is 7. The number of nitrogens with one attached hydrogen (secondary N) is 2. The number of hydrogen-bond donors (Lipinski definition) is 4. The summed E-state index contributed by atoms with van der Waals surface area (Å²) in [6, 6.07) is -2.00. The third-order valence-electron chi connectivity index (χ3n) is 3.17. The third kappa shape index (κ3) is 6.41. The van der Waals surface area contributed by atoms with Crippen molar-refractivity contribution < 1.29 is 24.2 Å². The lowest BCUT2D eigenvalue weighted by Crippen LogP contribution is -2.52. The van der Waals surface area contributed by atoms with Crippen LogP contribution in [0.3, 0.4) is 0 Å². The maximum atomic E-state index is 11.6. The molecule has 1 fully saturated rings. The molecule has 1 heterocycles. The van der Waals surface area contributed by atoms with Crippen molar-refractivity contribution in [1.29, 1.82) is 0 Å². The van der Waals surface area contributed by atoms with Crippen molar-refractivity contribution in [2.75, 3.05) is 32.8 Å². The standard InChI is InChI=1S/C12H22N4O5/c1-2-16-3-4-21-8(7-16)6-14-12(20)15-9(11(18)19)5-10(13)17/h8-9H,2-7H2,1H3,(H2,13,17)(H,18,19)(H2,14,15,20)/t8?,9-/m0/s1. The minimum Gasteiger partial charge on any atom is -0.480 e. The fourth-order valence-electron chi connectivity index (χ4n) is 2.01. The Morgan fingerprint density at radius 2 is 2.19 bits per heavy atom. The van der Waals surface area contributed by atoms with Crippen LogP contribution in [0.5, 0.6) is 0 Å². The number of primary amides is 1. The highest BCUT2D eigenvalue weighted by molar-refractivity contribution is 5.87. The van der Waals surface area contributed by atoms with Gasteiger partial charge in [0, 0.05) is 19.6 Å². The Labute approximate surface area is 122 Å². The number of hydrogen-bond acceptors (Lipinski definition) is 5. The first-order chi connectivity index (χ1) is 9.92. The summed E-state index contributed by atoms with van der Waals surface area (Å²) >= 11 is 0. The second-order valence-corrected chi connectivity index (χ2v) is 4.80. The van der Waals surface area contributed by atoms with E-state index in [1.807, 2.05) is 6.92 Å². The molecule has 2 atom stereocenters. The summed E-state index contributed by atoms with van der Waals surface area (Å²) in [6.07, 6.45) is -0.587. The van der Waals surface area contributed by atoms with Crippen LogP contribution in [0.1, 0.15) is 13.3 Å². The number of amides is 3. The molecule has 0 radical (unpaired) electrons. The van der Waals surface area contributed by atoms with Crippen LogP contribution >= 0.6 is 0 Å². The first-order valence-electron chi connectivity index (χ1n) is 6.81. The van der Waals surface area contributed by atoms with Crippen LogP contribution in [-0.4, -0.2) is 72.8 Å². The van der Waals surface area contributed by atoms with Gasteiger partial charge in [-0.3, -0.25) is 9.69 Å². The quantitative estimate of drug-likeness (QED) is 0.444. The molecule has 0 bridgehead atoms. The average Bonchev–Trinajstić information content (AvgIpc) is 2.44. The summed E-state index contributed by atoms with van der Waals surface area (Å²) in [4.78, 5) is 35.4. The molecule has 21 heavy (non-hydrogen) atoms. The second-order valence-electron chi connectivity index (χ2n) is 4.80. The van der Waals surface area contributed by atoms with E-state index in [1.54, 1.807) is 0 Å². The van der Waals surface area contributed by atoms with Gasteiger partial charge >= 0.3 is 12.0 Å². The summed E-state index contributed by atoms with van der Waals surface area (Å²) in [7, 11) is 0. The summed E-state index contributed by atoms with van der Waals surface area (Å²) in [5, 5.41) is 13.6. The zero-order chi connectivity index (χ0) is 15.8. The maximum absolute atomic E-state index is 11.6. The lowest BCUT2D eigenvalue weighted by molar-refractivity contribution is -0.140. The molecule has 9 nitrogen and oxygen atoms in total. The molecule has 1 saturated heterocycles. The van der Waals surface area contributed by atoms with Gasteiger partial charge in [-0.1, -0.05) is 6.92 Å². The van der Waals surface area contributed by atoms with E-state index in [9.17, 15) is 14.4 Å². The number of nitrogens with zero attached hydrogens (tertiary/aromatic N) is 1. The average molecular weight is 302 g/mol. The molecule has 9 heteroatoms. The Kier molecular flexibility index (Phi) is 6.89. The molecule has 0 aromatic heterocycles. The molecule has 0 aromatic rings. The van der Waals surface area contributed by atoms with E-state index in [2.05, 4.69) is 15.5 Å². The highest BCUT2D eigenvalue weighted by atomic mass is 16.5. The van der Waals surface area contributed by atoms with Crippen molar-refractivity contribution in [3.63, 3.8) is 0 Å². The van der Waals surface area contributed by atoms with Gasteiger partial charge in [0.2, 0.25) is 5.91 Å². The van der Waals surface area contributed by atoms with Crippen LogP contribution < -0.4 is 16.4 Å². The lowest BCUT2D eigenvalue weighted by atomic mass is 10.2. The van der Waals surface area contributed by atoms with Gasteiger partial charge in [-0.2, -0.15) is 0 Å². The zero-order valence-electron chi connectivity index (χ0n) is 12.0. The van der Waals surface area contributed by atoms with E-state index in [0.29, 0.717) is 13.2 Å². The Morgan fingerprint density at radius 3 is 2.76 bits per heavy atom. The van der Waals surface area contributed by atoms with E-state index in [1.165, 1.54) is 0 Å². The number of carbonyl (C=O) groups is 3. The Bertz CT molecular complexity index is 390. The van der Waals surface area contributed by atoms with Gasteiger partial charge in [0.15, 0.2) is 0 Å². The van der Waals surface area contributed by atoms with Gasteiger partial charge < -0.3 is 26.2 Å². The third-order valence-corrected chi connectivity index (χ3v) is 3.17. The van der Waals surface area contributed by atoms with E-state index >= 15 is 0 Å². The number of carbonyl (C=O) groups excluding carboxylic acids is 2. The van der Waals surface area contributed by atoms with E-state index in [0.717, 1.165) is 13.1 Å². The number of ether oxygens (including phenoxy) is 1. The van der Waals surface area contributed by atoms with Crippen molar-refractivity contribution >= 4 is 17.9 Å². The Morgan fingerprint density at radius 1 is 1.48 bits per heavy atom. The molecule has 0 spiro atoms. The molecule has 1 aliphatic heterocycles.